The Hall–Kier alpha value is -1.76. The lowest BCUT2D eigenvalue weighted by Crippen LogP contribution is -1.90. The highest BCUT2D eigenvalue weighted by Gasteiger charge is 2.13. The van der Waals surface area contributed by atoms with Crippen molar-refractivity contribution in [3.63, 3.8) is 0 Å². The van der Waals surface area contributed by atoms with E-state index in [1.54, 1.807) is 24.4 Å². The van der Waals surface area contributed by atoms with Crippen molar-refractivity contribution in [2.24, 2.45) is 0 Å². The Labute approximate surface area is 128 Å². The second-order valence-electron chi connectivity index (χ2n) is 4.24. The molecule has 0 aliphatic rings. The van der Waals surface area contributed by atoms with Crippen LogP contribution in [0.3, 0.4) is 0 Å². The average Bonchev–Trinajstić information content (AvgIpc) is 2.89. The number of H-pyrrole nitrogens is 1. The third kappa shape index (κ3) is 2.45. The van der Waals surface area contributed by atoms with Crippen LogP contribution < -0.4 is 0 Å². The third-order valence-corrected chi connectivity index (χ3v) is 3.82. The maximum Gasteiger partial charge on any atom is 0.142 e. The monoisotopic (exact) mass is 382 g/mol. The molecule has 3 aromatic rings. The van der Waals surface area contributed by atoms with Crippen LogP contribution in [0.15, 0.2) is 48.7 Å². The molecule has 2 nitrogen and oxygen atoms in total. The summed E-state index contributed by atoms with van der Waals surface area (Å²) in [6.45, 7) is 0. The number of imidazole rings is 1. The maximum atomic E-state index is 13.9. The summed E-state index contributed by atoms with van der Waals surface area (Å²) in [5.74, 6) is -0.156. The highest BCUT2D eigenvalue weighted by Crippen LogP contribution is 2.28. The first kappa shape index (κ1) is 13.2. The summed E-state index contributed by atoms with van der Waals surface area (Å²) in [7, 11) is 0. The van der Waals surface area contributed by atoms with Gasteiger partial charge in [-0.15, -0.1) is 0 Å². The molecule has 1 heterocycles. The molecule has 1 aromatic heterocycles. The molecule has 0 saturated heterocycles. The van der Waals surface area contributed by atoms with Crippen LogP contribution in [0.2, 0.25) is 0 Å². The van der Waals surface area contributed by atoms with Gasteiger partial charge in [0.15, 0.2) is 0 Å². The molecular weight excluding hydrogens is 373 g/mol. The zero-order valence-corrected chi connectivity index (χ0v) is 12.4. The van der Waals surface area contributed by atoms with Crippen LogP contribution in [0.1, 0.15) is 0 Å². The molecule has 0 saturated carbocycles. The number of halogens is 3. The first-order chi connectivity index (χ1) is 9.65. The van der Waals surface area contributed by atoms with Crippen LogP contribution in [0, 0.1) is 15.2 Å². The Morgan fingerprint density at radius 3 is 2.45 bits per heavy atom. The van der Waals surface area contributed by atoms with Gasteiger partial charge in [-0.05, 0) is 59.0 Å². The van der Waals surface area contributed by atoms with Gasteiger partial charge < -0.3 is 4.98 Å². The number of benzene rings is 2. The van der Waals surface area contributed by atoms with Gasteiger partial charge in [0.2, 0.25) is 0 Å². The summed E-state index contributed by atoms with van der Waals surface area (Å²) in [6, 6.07) is 10.9. The summed E-state index contributed by atoms with van der Waals surface area (Å²) in [6.07, 6.45) is 1.69. The largest absolute Gasteiger partial charge is 0.344 e. The Morgan fingerprint density at radius 2 is 1.75 bits per heavy atom. The SMILES string of the molecule is Fc1ccc(-c2c[nH]c(-c3c(F)cccc3I)n2)cc1. The first-order valence-electron chi connectivity index (χ1n) is 5.91. The Balaban J connectivity index is 2.04. The van der Waals surface area contributed by atoms with Gasteiger partial charge in [-0.1, -0.05) is 6.07 Å². The molecule has 0 unspecified atom stereocenters. The summed E-state index contributed by atoms with van der Waals surface area (Å²) in [5.41, 5.74) is 1.88. The number of hydrogen-bond acceptors (Lipinski definition) is 1. The molecule has 1 N–H and O–H groups in total. The minimum Gasteiger partial charge on any atom is -0.344 e. The van der Waals surface area contributed by atoms with E-state index in [1.165, 1.54) is 18.2 Å². The van der Waals surface area contributed by atoms with Crippen molar-refractivity contribution in [2.75, 3.05) is 0 Å². The molecule has 3 rings (SSSR count). The van der Waals surface area contributed by atoms with Crippen molar-refractivity contribution in [1.29, 1.82) is 0 Å². The average molecular weight is 382 g/mol. The quantitative estimate of drug-likeness (QED) is 0.644. The molecule has 0 spiro atoms. The molecule has 0 bridgehead atoms. The van der Waals surface area contributed by atoms with Crippen molar-refractivity contribution in [1.82, 2.24) is 9.97 Å². The highest BCUT2D eigenvalue weighted by atomic mass is 127. The zero-order valence-electron chi connectivity index (χ0n) is 10.2. The van der Waals surface area contributed by atoms with Crippen LogP contribution in [0.4, 0.5) is 8.78 Å². The number of rotatable bonds is 2. The summed E-state index contributed by atoms with van der Waals surface area (Å²) >= 11 is 2.07. The summed E-state index contributed by atoms with van der Waals surface area (Å²) in [4.78, 5) is 7.35. The fourth-order valence-electron chi connectivity index (χ4n) is 1.94. The van der Waals surface area contributed by atoms with Crippen LogP contribution >= 0.6 is 22.6 Å². The van der Waals surface area contributed by atoms with Crippen molar-refractivity contribution in [3.05, 3.63) is 63.9 Å². The van der Waals surface area contributed by atoms with Gasteiger partial charge in [-0.3, -0.25) is 0 Å². The lowest BCUT2D eigenvalue weighted by molar-refractivity contribution is 0.628. The molecule has 2 aromatic carbocycles. The zero-order chi connectivity index (χ0) is 14.1. The van der Waals surface area contributed by atoms with Gasteiger partial charge in [0.25, 0.3) is 0 Å². The minimum absolute atomic E-state index is 0.298. The van der Waals surface area contributed by atoms with Gasteiger partial charge >= 0.3 is 0 Å². The van der Waals surface area contributed by atoms with E-state index in [9.17, 15) is 8.78 Å². The molecule has 0 aliphatic heterocycles. The first-order valence-corrected chi connectivity index (χ1v) is 6.99. The van der Waals surface area contributed by atoms with E-state index in [0.29, 0.717) is 17.1 Å². The molecule has 0 aliphatic carbocycles. The van der Waals surface area contributed by atoms with Crippen LogP contribution in [-0.2, 0) is 0 Å². The lowest BCUT2D eigenvalue weighted by Gasteiger charge is -2.02. The number of hydrogen-bond donors (Lipinski definition) is 1. The summed E-state index contributed by atoms with van der Waals surface area (Å²) < 4.78 is 27.6. The van der Waals surface area contributed by atoms with E-state index in [-0.39, 0.29) is 11.6 Å². The van der Waals surface area contributed by atoms with Crippen LogP contribution in [0.5, 0.6) is 0 Å². The van der Waals surface area contributed by atoms with Crippen molar-refractivity contribution in [2.45, 2.75) is 0 Å². The highest BCUT2D eigenvalue weighted by molar-refractivity contribution is 14.1. The Bertz CT molecular complexity index is 731. The molecule has 0 atom stereocenters. The second kappa shape index (κ2) is 5.32. The topological polar surface area (TPSA) is 28.7 Å². The fourth-order valence-corrected chi connectivity index (χ4v) is 2.66. The minimum atomic E-state index is -0.322. The van der Waals surface area contributed by atoms with E-state index in [1.807, 2.05) is 6.07 Å². The van der Waals surface area contributed by atoms with Gasteiger partial charge in [0.1, 0.15) is 17.5 Å². The van der Waals surface area contributed by atoms with E-state index >= 15 is 0 Å². The maximum absolute atomic E-state index is 13.9. The molecule has 100 valence electrons. The molecule has 5 heteroatoms. The standard InChI is InChI=1S/C15H9F2IN2/c16-10-6-4-9(5-7-10)13-8-19-15(20-13)14-11(17)2-1-3-12(14)18/h1-8H,(H,19,20). The number of aromatic amines is 1. The van der Waals surface area contributed by atoms with Gasteiger partial charge in [0.05, 0.1) is 11.3 Å². The van der Waals surface area contributed by atoms with E-state index < -0.39 is 0 Å². The fraction of sp³-hybridized carbons (Fsp3) is 0. The van der Waals surface area contributed by atoms with E-state index in [0.717, 1.165) is 9.13 Å². The molecular formula is C15H9F2IN2. The predicted molar refractivity (Wildman–Crippen MR) is 82.1 cm³/mol. The normalized spacial score (nSPS) is 10.8. The molecule has 0 amide bonds. The number of nitrogens with one attached hydrogen (secondary N) is 1. The Morgan fingerprint density at radius 1 is 1.00 bits per heavy atom. The van der Waals surface area contributed by atoms with E-state index in [2.05, 4.69) is 32.6 Å². The number of nitrogens with zero attached hydrogens (tertiary/aromatic N) is 1. The summed E-state index contributed by atoms with van der Waals surface area (Å²) in [5, 5.41) is 0. The predicted octanol–water partition coefficient (Wildman–Crippen LogP) is 4.63. The smallest absolute Gasteiger partial charge is 0.142 e. The van der Waals surface area contributed by atoms with Gasteiger partial charge in [0, 0.05) is 15.3 Å². The van der Waals surface area contributed by atoms with E-state index in [4.69, 9.17) is 0 Å². The molecule has 0 fully saturated rings. The van der Waals surface area contributed by atoms with Crippen molar-refractivity contribution < 1.29 is 8.78 Å². The molecule has 20 heavy (non-hydrogen) atoms. The van der Waals surface area contributed by atoms with Gasteiger partial charge in [-0.2, -0.15) is 0 Å². The van der Waals surface area contributed by atoms with Crippen molar-refractivity contribution in [3.8, 4) is 22.6 Å². The third-order valence-electron chi connectivity index (χ3n) is 2.92. The number of aromatic nitrogens is 2. The van der Waals surface area contributed by atoms with Crippen LogP contribution in [-0.4, -0.2) is 9.97 Å². The van der Waals surface area contributed by atoms with Crippen LogP contribution in [0.25, 0.3) is 22.6 Å². The Kier molecular flexibility index (Phi) is 3.52. The second-order valence-corrected chi connectivity index (χ2v) is 5.40. The van der Waals surface area contributed by atoms with Gasteiger partial charge in [-0.25, -0.2) is 13.8 Å². The lowest BCUT2D eigenvalue weighted by atomic mass is 10.2. The van der Waals surface area contributed by atoms with Crippen molar-refractivity contribution >= 4 is 22.6 Å². The molecule has 0 radical (unpaired) electrons.